The molecule has 1 heterocycles. The van der Waals surface area contributed by atoms with Gasteiger partial charge in [-0.2, -0.15) is 0 Å². The number of benzene rings is 3. The summed E-state index contributed by atoms with van der Waals surface area (Å²) in [6.07, 6.45) is 0.225. The Kier molecular flexibility index (Phi) is 3.96. The molecule has 0 aliphatic carbocycles. The van der Waals surface area contributed by atoms with Crippen LogP contribution in [0.5, 0.6) is 11.5 Å². The zero-order valence-electron chi connectivity index (χ0n) is 13.0. The van der Waals surface area contributed by atoms with E-state index in [1.54, 1.807) is 12.1 Å². The topological polar surface area (TPSA) is 51.2 Å². The van der Waals surface area contributed by atoms with Crippen molar-refractivity contribution in [3.05, 3.63) is 48.3 Å². The van der Waals surface area contributed by atoms with Gasteiger partial charge in [0.25, 0.3) is 0 Å². The van der Waals surface area contributed by atoms with Gasteiger partial charge in [-0.3, -0.25) is 0 Å². The van der Waals surface area contributed by atoms with Crippen LogP contribution in [0.4, 0.5) is 4.39 Å². The van der Waals surface area contributed by atoms with Gasteiger partial charge in [-0.25, -0.2) is 4.39 Å². The number of halogens is 1. The van der Waals surface area contributed by atoms with E-state index in [0.29, 0.717) is 41.7 Å². The number of aromatic hydroxyl groups is 1. The number of rotatable bonds is 6. The lowest BCUT2D eigenvalue weighted by molar-refractivity contribution is 0.0887. The maximum atomic E-state index is 13.6. The smallest absolute Gasteiger partial charge is 0.135 e. The zero-order valence-corrected chi connectivity index (χ0v) is 13.0. The van der Waals surface area contributed by atoms with E-state index >= 15 is 0 Å². The number of ether oxygens (including phenoxy) is 3. The second-order valence-electron chi connectivity index (χ2n) is 5.79. The zero-order chi connectivity index (χ0) is 16.5. The molecule has 0 bridgehead atoms. The molecule has 1 fully saturated rings. The van der Waals surface area contributed by atoms with E-state index in [4.69, 9.17) is 14.2 Å². The molecular formula is C19H17FO4. The third kappa shape index (κ3) is 2.88. The lowest BCUT2D eigenvalue weighted by Crippen LogP contribution is -2.10. The lowest BCUT2D eigenvalue weighted by atomic mass is 10.0. The summed E-state index contributed by atoms with van der Waals surface area (Å²) >= 11 is 0. The highest BCUT2D eigenvalue weighted by Crippen LogP contribution is 2.42. The Bertz CT molecular complexity index is 889. The second kappa shape index (κ2) is 6.26. The van der Waals surface area contributed by atoms with Gasteiger partial charge in [0, 0.05) is 21.5 Å². The summed E-state index contributed by atoms with van der Waals surface area (Å²) in [6.45, 7) is 2.15. The van der Waals surface area contributed by atoms with Crippen LogP contribution in [0.15, 0.2) is 42.5 Å². The Morgan fingerprint density at radius 3 is 2.58 bits per heavy atom. The molecule has 0 radical (unpaired) electrons. The van der Waals surface area contributed by atoms with Crippen molar-refractivity contribution in [2.75, 3.05) is 26.4 Å². The van der Waals surface area contributed by atoms with Crippen LogP contribution in [0.3, 0.4) is 0 Å². The van der Waals surface area contributed by atoms with E-state index in [1.807, 2.05) is 18.2 Å². The summed E-state index contributed by atoms with van der Waals surface area (Å²) < 4.78 is 30.1. The number of hydrogen-bond acceptors (Lipinski definition) is 4. The largest absolute Gasteiger partial charge is 0.507 e. The van der Waals surface area contributed by atoms with Gasteiger partial charge >= 0.3 is 0 Å². The summed E-state index contributed by atoms with van der Waals surface area (Å²) in [7, 11) is 0. The predicted molar refractivity (Wildman–Crippen MR) is 89.1 cm³/mol. The van der Waals surface area contributed by atoms with Crippen molar-refractivity contribution < 1.29 is 23.7 Å². The normalized spacial score (nSPS) is 16.6. The highest BCUT2D eigenvalue weighted by atomic mass is 19.1. The molecule has 1 atom stereocenters. The van der Waals surface area contributed by atoms with Crippen molar-refractivity contribution >= 4 is 21.5 Å². The van der Waals surface area contributed by atoms with Crippen LogP contribution in [0.25, 0.3) is 21.5 Å². The first-order valence-corrected chi connectivity index (χ1v) is 7.89. The summed E-state index contributed by atoms with van der Waals surface area (Å²) in [5.74, 6) is 0.297. The molecule has 3 aromatic carbocycles. The maximum Gasteiger partial charge on any atom is 0.135 e. The molecule has 4 nitrogen and oxygen atoms in total. The summed E-state index contributed by atoms with van der Waals surface area (Å²) in [5, 5.41) is 13.0. The first-order valence-electron chi connectivity index (χ1n) is 7.89. The highest BCUT2D eigenvalue weighted by Gasteiger charge is 2.22. The monoisotopic (exact) mass is 328 g/mol. The first-order chi connectivity index (χ1) is 11.7. The third-order valence-electron chi connectivity index (χ3n) is 4.09. The van der Waals surface area contributed by atoms with E-state index in [-0.39, 0.29) is 11.9 Å². The summed E-state index contributed by atoms with van der Waals surface area (Å²) in [5.41, 5.74) is 0. The summed E-state index contributed by atoms with van der Waals surface area (Å²) in [6, 6.07) is 11.7. The average Bonchev–Trinajstić information content (AvgIpc) is 3.42. The Morgan fingerprint density at radius 2 is 1.79 bits per heavy atom. The molecule has 1 N–H and O–H groups in total. The van der Waals surface area contributed by atoms with E-state index < -0.39 is 5.82 Å². The van der Waals surface area contributed by atoms with Crippen LogP contribution >= 0.6 is 0 Å². The molecule has 1 aliphatic heterocycles. The van der Waals surface area contributed by atoms with Crippen molar-refractivity contribution in [1.29, 1.82) is 0 Å². The van der Waals surface area contributed by atoms with Crippen molar-refractivity contribution in [3.63, 3.8) is 0 Å². The van der Waals surface area contributed by atoms with Gasteiger partial charge in [-0.1, -0.05) is 24.3 Å². The molecular weight excluding hydrogens is 311 g/mol. The first kappa shape index (κ1) is 15.2. The average molecular weight is 328 g/mol. The molecule has 5 heteroatoms. The minimum Gasteiger partial charge on any atom is -0.507 e. The quantitative estimate of drug-likeness (QED) is 0.426. The number of hydrogen-bond donors (Lipinski definition) is 1. The third-order valence-corrected chi connectivity index (χ3v) is 4.09. The number of phenols is 1. The molecule has 0 amide bonds. The molecule has 0 aromatic heterocycles. The van der Waals surface area contributed by atoms with Gasteiger partial charge < -0.3 is 19.3 Å². The molecule has 4 rings (SSSR count). The number of phenolic OH excluding ortho intramolecular Hbond substituents is 1. The number of epoxide rings is 1. The van der Waals surface area contributed by atoms with E-state index in [2.05, 4.69) is 0 Å². The van der Waals surface area contributed by atoms with Gasteiger partial charge in [-0.05, 0) is 18.2 Å². The molecule has 0 spiro atoms. The van der Waals surface area contributed by atoms with Gasteiger partial charge in [0.15, 0.2) is 0 Å². The Labute approximate surface area is 138 Å². The Morgan fingerprint density at radius 1 is 1.04 bits per heavy atom. The van der Waals surface area contributed by atoms with E-state index in [9.17, 15) is 9.50 Å². The van der Waals surface area contributed by atoms with Crippen LogP contribution in [0.1, 0.15) is 0 Å². The standard InChI is InChI=1S/C19H17FO4/c20-12-5-6-16-17(9-12)18(21)14-3-1-2-4-15(14)19(16)23-8-7-22-10-13-11-24-13/h1-6,9,13,21H,7-8,10-11H2. The maximum absolute atomic E-state index is 13.6. The summed E-state index contributed by atoms with van der Waals surface area (Å²) in [4.78, 5) is 0. The van der Waals surface area contributed by atoms with Crippen LogP contribution in [-0.2, 0) is 9.47 Å². The molecule has 0 saturated carbocycles. The van der Waals surface area contributed by atoms with Gasteiger partial charge in [0.1, 0.15) is 30.0 Å². The molecule has 3 aromatic rings. The Balaban J connectivity index is 1.68. The molecule has 1 aliphatic rings. The van der Waals surface area contributed by atoms with Crippen LogP contribution in [0, 0.1) is 5.82 Å². The minimum absolute atomic E-state index is 0.0644. The predicted octanol–water partition coefficient (Wildman–Crippen LogP) is 3.63. The van der Waals surface area contributed by atoms with E-state index in [1.165, 1.54) is 12.1 Å². The van der Waals surface area contributed by atoms with Crippen LogP contribution in [0.2, 0.25) is 0 Å². The van der Waals surface area contributed by atoms with E-state index in [0.717, 1.165) is 12.0 Å². The molecule has 124 valence electrons. The minimum atomic E-state index is -0.396. The van der Waals surface area contributed by atoms with Crippen molar-refractivity contribution in [3.8, 4) is 11.5 Å². The fraction of sp³-hybridized carbons (Fsp3) is 0.263. The van der Waals surface area contributed by atoms with Gasteiger partial charge in [0.2, 0.25) is 0 Å². The number of fused-ring (bicyclic) bond motifs is 2. The van der Waals surface area contributed by atoms with Crippen molar-refractivity contribution in [2.45, 2.75) is 6.10 Å². The van der Waals surface area contributed by atoms with Gasteiger partial charge in [0.05, 0.1) is 19.8 Å². The fourth-order valence-electron chi connectivity index (χ4n) is 2.83. The van der Waals surface area contributed by atoms with Crippen molar-refractivity contribution in [2.24, 2.45) is 0 Å². The molecule has 1 saturated heterocycles. The lowest BCUT2D eigenvalue weighted by Gasteiger charge is -2.15. The second-order valence-corrected chi connectivity index (χ2v) is 5.79. The molecule has 24 heavy (non-hydrogen) atoms. The SMILES string of the molecule is Oc1c2ccccc2c(OCCOCC2CO2)c2ccc(F)cc12. The van der Waals surface area contributed by atoms with Gasteiger partial charge in [-0.15, -0.1) is 0 Å². The molecule has 1 unspecified atom stereocenters. The highest BCUT2D eigenvalue weighted by molar-refractivity contribution is 6.10. The van der Waals surface area contributed by atoms with Crippen molar-refractivity contribution in [1.82, 2.24) is 0 Å². The van der Waals surface area contributed by atoms with Crippen LogP contribution < -0.4 is 4.74 Å². The Hall–Kier alpha value is -2.37. The fourth-order valence-corrected chi connectivity index (χ4v) is 2.83. The van der Waals surface area contributed by atoms with Crippen LogP contribution in [-0.4, -0.2) is 37.6 Å².